The van der Waals surface area contributed by atoms with Gasteiger partial charge in [-0.05, 0) is 25.4 Å². The number of hydrogen-bond acceptors (Lipinski definition) is 6. The van der Waals surface area contributed by atoms with Crippen LogP contribution in [0.1, 0.15) is 13.3 Å². The summed E-state index contributed by atoms with van der Waals surface area (Å²) in [6, 6.07) is 1.77. The van der Waals surface area contributed by atoms with Crippen molar-refractivity contribution in [2.75, 3.05) is 51.3 Å². The van der Waals surface area contributed by atoms with E-state index in [2.05, 4.69) is 26.7 Å². The molecule has 112 valence electrons. The van der Waals surface area contributed by atoms with E-state index >= 15 is 0 Å². The lowest BCUT2D eigenvalue weighted by molar-refractivity contribution is 0.255. The van der Waals surface area contributed by atoms with Gasteiger partial charge < -0.3 is 20.3 Å². The lowest BCUT2D eigenvalue weighted by Gasteiger charge is -2.24. The molecule has 0 spiro atoms. The first-order valence-electron chi connectivity index (χ1n) is 7.27. The first kappa shape index (κ1) is 15.0. The quantitative estimate of drug-likeness (QED) is 0.851. The van der Waals surface area contributed by atoms with Crippen LogP contribution in [0.15, 0.2) is 12.3 Å². The van der Waals surface area contributed by atoms with Crippen LogP contribution < -0.4 is 15.4 Å². The van der Waals surface area contributed by atoms with Crippen LogP contribution in [0.2, 0.25) is 0 Å². The second kappa shape index (κ2) is 7.40. The zero-order valence-corrected chi connectivity index (χ0v) is 12.5. The molecule has 1 unspecified atom stereocenters. The molecule has 0 amide bonds. The number of ether oxygens (including phenoxy) is 1. The lowest BCUT2D eigenvalue weighted by atomic mass is 10.1. The number of nitrogens with zero attached hydrogens (tertiary/aromatic N) is 4. The number of nitrogens with two attached hydrogens (primary N) is 1. The van der Waals surface area contributed by atoms with Gasteiger partial charge in [0.15, 0.2) is 0 Å². The van der Waals surface area contributed by atoms with Gasteiger partial charge in [0.25, 0.3) is 0 Å². The van der Waals surface area contributed by atoms with E-state index in [-0.39, 0.29) is 0 Å². The van der Waals surface area contributed by atoms with Crippen molar-refractivity contribution in [2.45, 2.75) is 13.3 Å². The maximum absolute atomic E-state index is 5.71. The fourth-order valence-corrected chi connectivity index (χ4v) is 2.47. The molecule has 1 aliphatic heterocycles. The molecule has 0 aromatic carbocycles. The zero-order chi connectivity index (χ0) is 14.4. The highest BCUT2D eigenvalue weighted by atomic mass is 16.5. The second-order valence-electron chi connectivity index (χ2n) is 5.38. The van der Waals surface area contributed by atoms with Gasteiger partial charge in [-0.2, -0.15) is 4.98 Å². The van der Waals surface area contributed by atoms with E-state index in [4.69, 9.17) is 10.5 Å². The summed E-state index contributed by atoms with van der Waals surface area (Å²) in [4.78, 5) is 13.5. The smallest absolute Gasteiger partial charge is 0.228 e. The fourth-order valence-electron chi connectivity index (χ4n) is 2.47. The van der Waals surface area contributed by atoms with Crippen molar-refractivity contribution < 1.29 is 4.74 Å². The van der Waals surface area contributed by atoms with E-state index in [9.17, 15) is 0 Å². The van der Waals surface area contributed by atoms with Crippen molar-refractivity contribution in [3.05, 3.63) is 12.3 Å². The average molecular weight is 279 g/mol. The molecule has 0 saturated carbocycles. The summed E-state index contributed by atoms with van der Waals surface area (Å²) in [5, 5.41) is 0. The maximum Gasteiger partial charge on any atom is 0.228 e. The van der Waals surface area contributed by atoms with Gasteiger partial charge in [-0.15, -0.1) is 0 Å². The first-order valence-corrected chi connectivity index (χ1v) is 7.27. The van der Waals surface area contributed by atoms with Crippen LogP contribution in [0.4, 0.5) is 5.95 Å². The molecule has 0 bridgehead atoms. The monoisotopic (exact) mass is 279 g/mol. The molecule has 1 atom stereocenters. The van der Waals surface area contributed by atoms with Gasteiger partial charge in [0.05, 0.1) is 7.11 Å². The van der Waals surface area contributed by atoms with Gasteiger partial charge in [0, 0.05) is 38.4 Å². The third-order valence-electron chi connectivity index (χ3n) is 3.67. The Morgan fingerprint density at radius 3 is 2.95 bits per heavy atom. The molecule has 1 aromatic heterocycles. The van der Waals surface area contributed by atoms with Crippen LogP contribution >= 0.6 is 0 Å². The van der Waals surface area contributed by atoms with Crippen molar-refractivity contribution >= 4 is 5.95 Å². The Hall–Kier alpha value is -1.40. The number of methoxy groups -OCH3 is 1. The van der Waals surface area contributed by atoms with Crippen molar-refractivity contribution in [2.24, 2.45) is 11.7 Å². The molecule has 2 N–H and O–H groups in total. The second-order valence-corrected chi connectivity index (χ2v) is 5.38. The maximum atomic E-state index is 5.71. The van der Waals surface area contributed by atoms with E-state index in [1.165, 1.54) is 0 Å². The summed E-state index contributed by atoms with van der Waals surface area (Å²) in [6.45, 7) is 8.11. The fraction of sp³-hybridized carbons (Fsp3) is 0.714. The molecular formula is C14H25N5O. The molecule has 2 rings (SSSR count). The highest BCUT2D eigenvalue weighted by Gasteiger charge is 2.18. The lowest BCUT2D eigenvalue weighted by Crippen LogP contribution is -2.35. The molecule has 1 fully saturated rings. The van der Waals surface area contributed by atoms with E-state index < -0.39 is 0 Å². The summed E-state index contributed by atoms with van der Waals surface area (Å²) in [5.41, 5.74) is 5.71. The molecule has 1 aliphatic rings. The molecule has 1 aromatic rings. The number of aromatic nitrogens is 2. The minimum atomic E-state index is 0.551. The molecule has 2 heterocycles. The minimum absolute atomic E-state index is 0.551. The third kappa shape index (κ3) is 4.05. The van der Waals surface area contributed by atoms with Crippen LogP contribution in [0.5, 0.6) is 5.88 Å². The van der Waals surface area contributed by atoms with E-state index in [1.54, 1.807) is 19.4 Å². The molecule has 6 heteroatoms. The highest BCUT2D eigenvalue weighted by molar-refractivity contribution is 5.32. The summed E-state index contributed by atoms with van der Waals surface area (Å²) >= 11 is 0. The summed E-state index contributed by atoms with van der Waals surface area (Å²) < 4.78 is 5.16. The van der Waals surface area contributed by atoms with E-state index in [1.807, 2.05) is 0 Å². The Balaban J connectivity index is 1.94. The van der Waals surface area contributed by atoms with Gasteiger partial charge in [0.1, 0.15) is 0 Å². The van der Waals surface area contributed by atoms with Gasteiger partial charge in [-0.3, -0.25) is 0 Å². The van der Waals surface area contributed by atoms with Gasteiger partial charge in [-0.1, -0.05) is 6.92 Å². The van der Waals surface area contributed by atoms with Gasteiger partial charge in [0.2, 0.25) is 11.8 Å². The molecule has 1 saturated heterocycles. The summed E-state index contributed by atoms with van der Waals surface area (Å²) in [5.74, 6) is 1.93. The SMILES string of the molecule is COc1ccnc(N2CCCN(CC(C)CN)CC2)n1. The number of hydrogen-bond donors (Lipinski definition) is 1. The minimum Gasteiger partial charge on any atom is -0.481 e. The van der Waals surface area contributed by atoms with Gasteiger partial charge >= 0.3 is 0 Å². The Morgan fingerprint density at radius 2 is 2.20 bits per heavy atom. The predicted octanol–water partition coefficient (Wildman–Crippen LogP) is 0.592. The topological polar surface area (TPSA) is 67.5 Å². The molecule has 0 aliphatic carbocycles. The Kier molecular flexibility index (Phi) is 5.55. The standard InChI is InChI=1S/C14H25N5O/c1-12(10-15)11-18-6-3-7-19(9-8-18)14-16-5-4-13(17-14)20-2/h4-5,12H,3,6-11,15H2,1-2H3. The summed E-state index contributed by atoms with van der Waals surface area (Å²) in [6.07, 6.45) is 2.87. The molecule has 0 radical (unpaired) electrons. The Bertz CT molecular complexity index is 414. The van der Waals surface area contributed by atoms with Crippen LogP contribution in [-0.2, 0) is 0 Å². The Labute approximate surface area is 120 Å². The molecule has 20 heavy (non-hydrogen) atoms. The Morgan fingerprint density at radius 1 is 1.35 bits per heavy atom. The van der Waals surface area contributed by atoms with Crippen LogP contribution in [-0.4, -0.2) is 61.2 Å². The normalized spacial score (nSPS) is 18.6. The molecular weight excluding hydrogens is 254 g/mol. The van der Waals surface area contributed by atoms with Crippen molar-refractivity contribution in [3.8, 4) is 5.88 Å². The van der Waals surface area contributed by atoms with Gasteiger partial charge in [-0.25, -0.2) is 4.98 Å². The zero-order valence-electron chi connectivity index (χ0n) is 12.5. The number of anilines is 1. The van der Waals surface area contributed by atoms with Crippen LogP contribution in [0.25, 0.3) is 0 Å². The van der Waals surface area contributed by atoms with Crippen LogP contribution in [0.3, 0.4) is 0 Å². The first-order chi connectivity index (χ1) is 9.72. The van der Waals surface area contributed by atoms with E-state index in [0.29, 0.717) is 11.8 Å². The highest BCUT2D eigenvalue weighted by Crippen LogP contribution is 2.15. The van der Waals surface area contributed by atoms with E-state index in [0.717, 1.165) is 51.6 Å². The summed E-state index contributed by atoms with van der Waals surface area (Å²) in [7, 11) is 1.63. The van der Waals surface area contributed by atoms with Crippen molar-refractivity contribution in [1.29, 1.82) is 0 Å². The van der Waals surface area contributed by atoms with Crippen LogP contribution in [0, 0.1) is 5.92 Å². The molecule has 6 nitrogen and oxygen atoms in total. The van der Waals surface area contributed by atoms with Crippen molar-refractivity contribution in [1.82, 2.24) is 14.9 Å². The predicted molar refractivity (Wildman–Crippen MR) is 80.1 cm³/mol. The van der Waals surface area contributed by atoms with Crippen molar-refractivity contribution in [3.63, 3.8) is 0 Å². The third-order valence-corrected chi connectivity index (χ3v) is 3.67. The average Bonchev–Trinajstić information content (AvgIpc) is 2.73. The largest absolute Gasteiger partial charge is 0.481 e. The number of rotatable bonds is 5.